The number of hydrogen-bond donors (Lipinski definition) is 3. The van der Waals surface area contributed by atoms with Crippen LogP contribution < -0.4 is 16.4 Å². The third kappa shape index (κ3) is 3.38. The van der Waals surface area contributed by atoms with Crippen LogP contribution in [-0.4, -0.2) is 48.1 Å². The van der Waals surface area contributed by atoms with Crippen LogP contribution in [0.5, 0.6) is 0 Å². The van der Waals surface area contributed by atoms with Crippen molar-refractivity contribution in [2.24, 2.45) is 28.9 Å². The monoisotopic (exact) mass is 362 g/mol. The van der Waals surface area contributed by atoms with Crippen molar-refractivity contribution in [1.29, 1.82) is 0 Å². The van der Waals surface area contributed by atoms with E-state index in [1.54, 1.807) is 0 Å². The van der Waals surface area contributed by atoms with E-state index >= 15 is 0 Å². The number of nitrogens with two attached hydrogens (primary N) is 1. The standard InChI is InChI=1S/C20H34N4O2/c1-13(24-4-3-19(2,11-21)12-24)17(25)22-18(26)23-20-8-14-5-15(9-20)7-16(6-14)10-20/h13-16H,3-12,21H2,1-2H3,(H2,22,23,25,26). The molecule has 4 bridgehead atoms. The van der Waals surface area contributed by atoms with Gasteiger partial charge in [0.2, 0.25) is 5.91 Å². The van der Waals surface area contributed by atoms with Crippen molar-refractivity contribution in [3.63, 3.8) is 0 Å². The lowest BCUT2D eigenvalue weighted by Gasteiger charge is -2.56. The van der Waals surface area contributed by atoms with Crippen LogP contribution in [-0.2, 0) is 4.79 Å². The van der Waals surface area contributed by atoms with Gasteiger partial charge < -0.3 is 11.1 Å². The second-order valence-electron chi connectivity index (χ2n) is 10.1. The smallest absolute Gasteiger partial charge is 0.321 e. The Labute approximate surface area is 156 Å². The second-order valence-corrected chi connectivity index (χ2v) is 10.1. The predicted molar refractivity (Wildman–Crippen MR) is 100 cm³/mol. The summed E-state index contributed by atoms with van der Waals surface area (Å²) in [6, 6.07) is -0.602. The van der Waals surface area contributed by atoms with Gasteiger partial charge in [-0.3, -0.25) is 15.0 Å². The largest absolute Gasteiger partial charge is 0.332 e. The van der Waals surface area contributed by atoms with Crippen LogP contribution in [0.4, 0.5) is 4.79 Å². The van der Waals surface area contributed by atoms with Crippen LogP contribution in [0.1, 0.15) is 58.8 Å². The molecule has 6 nitrogen and oxygen atoms in total. The first-order chi connectivity index (χ1) is 12.3. The van der Waals surface area contributed by atoms with Gasteiger partial charge in [0.1, 0.15) is 0 Å². The summed E-state index contributed by atoms with van der Waals surface area (Å²) in [4.78, 5) is 27.3. The molecule has 26 heavy (non-hydrogen) atoms. The van der Waals surface area contributed by atoms with E-state index in [2.05, 4.69) is 22.5 Å². The van der Waals surface area contributed by atoms with Crippen LogP contribution in [0.2, 0.25) is 0 Å². The summed E-state index contributed by atoms with van der Waals surface area (Å²) < 4.78 is 0. The van der Waals surface area contributed by atoms with E-state index < -0.39 is 0 Å². The molecule has 4 saturated carbocycles. The molecule has 2 atom stereocenters. The van der Waals surface area contributed by atoms with Gasteiger partial charge in [-0.2, -0.15) is 0 Å². The third-order valence-electron chi connectivity index (χ3n) is 7.66. The first kappa shape index (κ1) is 18.2. The first-order valence-corrected chi connectivity index (χ1v) is 10.4. The van der Waals surface area contributed by atoms with Gasteiger partial charge in [0.25, 0.3) is 0 Å². The Kier molecular flexibility index (Phi) is 4.55. The van der Waals surface area contributed by atoms with Crippen LogP contribution in [0.25, 0.3) is 0 Å². The predicted octanol–water partition coefficient (Wildman–Crippen LogP) is 1.84. The van der Waals surface area contributed by atoms with E-state index in [-0.39, 0.29) is 28.9 Å². The lowest BCUT2D eigenvalue weighted by molar-refractivity contribution is -0.124. The number of amides is 3. The fraction of sp³-hybridized carbons (Fsp3) is 0.900. The fourth-order valence-electron chi connectivity index (χ4n) is 6.48. The second kappa shape index (κ2) is 6.48. The number of rotatable bonds is 4. The van der Waals surface area contributed by atoms with Gasteiger partial charge in [0, 0.05) is 12.1 Å². The molecule has 0 spiro atoms. The van der Waals surface area contributed by atoms with E-state index in [0.717, 1.165) is 56.5 Å². The Morgan fingerprint density at radius 2 is 1.73 bits per heavy atom. The SMILES string of the molecule is CC(C(=O)NC(=O)NC12CC3CC(CC(C3)C1)C2)N1CCC(C)(CN)C1. The Balaban J connectivity index is 1.31. The van der Waals surface area contributed by atoms with Crippen LogP contribution >= 0.6 is 0 Å². The quantitative estimate of drug-likeness (QED) is 0.712. The zero-order chi connectivity index (χ0) is 18.5. The maximum atomic E-state index is 12.6. The Morgan fingerprint density at radius 3 is 2.23 bits per heavy atom. The van der Waals surface area contributed by atoms with Crippen molar-refractivity contribution in [3.05, 3.63) is 0 Å². The Hall–Kier alpha value is -1.14. The Morgan fingerprint density at radius 1 is 1.15 bits per heavy atom. The number of imide groups is 1. The Bertz CT molecular complexity index is 557. The topological polar surface area (TPSA) is 87.5 Å². The van der Waals surface area contributed by atoms with Gasteiger partial charge in [-0.05, 0) is 88.1 Å². The molecule has 4 aliphatic carbocycles. The number of hydrogen-bond acceptors (Lipinski definition) is 4. The number of carbonyl (C=O) groups is 2. The molecule has 0 aromatic heterocycles. The molecule has 5 rings (SSSR count). The molecular formula is C20H34N4O2. The minimum absolute atomic E-state index is 0.0614. The summed E-state index contributed by atoms with van der Waals surface area (Å²) in [6.45, 7) is 6.35. The van der Waals surface area contributed by atoms with E-state index in [9.17, 15) is 9.59 Å². The summed E-state index contributed by atoms with van der Waals surface area (Å²) in [5, 5.41) is 5.83. The van der Waals surface area contributed by atoms with Gasteiger partial charge in [-0.15, -0.1) is 0 Å². The molecule has 0 radical (unpaired) electrons. The molecule has 4 N–H and O–H groups in total. The number of urea groups is 1. The summed E-state index contributed by atoms with van der Waals surface area (Å²) in [6.07, 6.45) is 8.31. The maximum Gasteiger partial charge on any atom is 0.321 e. The lowest BCUT2D eigenvalue weighted by Crippen LogP contribution is -2.62. The molecule has 146 valence electrons. The molecule has 5 fully saturated rings. The van der Waals surface area contributed by atoms with Crippen molar-refractivity contribution in [2.45, 2.75) is 70.4 Å². The summed E-state index contributed by atoms with van der Waals surface area (Å²) in [5.74, 6) is 2.12. The van der Waals surface area contributed by atoms with Crippen molar-refractivity contribution >= 4 is 11.9 Å². The van der Waals surface area contributed by atoms with Crippen molar-refractivity contribution in [1.82, 2.24) is 15.5 Å². The highest BCUT2D eigenvalue weighted by Gasteiger charge is 2.51. The average Bonchev–Trinajstić information content (AvgIpc) is 2.95. The highest BCUT2D eigenvalue weighted by molar-refractivity contribution is 5.97. The van der Waals surface area contributed by atoms with E-state index in [0.29, 0.717) is 6.54 Å². The summed E-state index contributed by atoms with van der Waals surface area (Å²) in [7, 11) is 0. The van der Waals surface area contributed by atoms with Gasteiger partial charge >= 0.3 is 6.03 Å². The number of nitrogens with zero attached hydrogens (tertiary/aromatic N) is 1. The first-order valence-electron chi connectivity index (χ1n) is 10.4. The normalized spacial score (nSPS) is 42.7. The summed E-state index contributed by atoms with van der Waals surface area (Å²) >= 11 is 0. The molecule has 1 heterocycles. The molecule has 5 aliphatic rings. The van der Waals surface area contributed by atoms with Crippen molar-refractivity contribution in [3.8, 4) is 0 Å². The summed E-state index contributed by atoms with van der Waals surface area (Å²) in [5.41, 5.74) is 5.88. The third-order valence-corrected chi connectivity index (χ3v) is 7.66. The minimum atomic E-state index is -0.301. The zero-order valence-corrected chi connectivity index (χ0v) is 16.2. The van der Waals surface area contributed by atoms with E-state index in [4.69, 9.17) is 5.73 Å². The highest BCUT2D eigenvalue weighted by atomic mass is 16.2. The van der Waals surface area contributed by atoms with Crippen LogP contribution in [0.3, 0.4) is 0 Å². The number of likely N-dealkylation sites (tertiary alicyclic amines) is 1. The van der Waals surface area contributed by atoms with Crippen molar-refractivity contribution in [2.75, 3.05) is 19.6 Å². The van der Waals surface area contributed by atoms with E-state index in [1.807, 2.05) is 6.92 Å². The molecule has 6 heteroatoms. The molecular weight excluding hydrogens is 328 g/mol. The molecule has 1 aliphatic heterocycles. The molecule has 1 saturated heterocycles. The molecule has 3 amide bonds. The van der Waals surface area contributed by atoms with Gasteiger partial charge in [-0.25, -0.2) is 4.79 Å². The van der Waals surface area contributed by atoms with Crippen LogP contribution in [0.15, 0.2) is 0 Å². The maximum absolute atomic E-state index is 12.6. The van der Waals surface area contributed by atoms with Crippen molar-refractivity contribution < 1.29 is 9.59 Å². The highest BCUT2D eigenvalue weighted by Crippen LogP contribution is 2.55. The zero-order valence-electron chi connectivity index (χ0n) is 16.2. The number of nitrogens with one attached hydrogen (secondary N) is 2. The van der Waals surface area contributed by atoms with Gasteiger partial charge in [0.05, 0.1) is 6.04 Å². The molecule has 0 aromatic carbocycles. The minimum Gasteiger partial charge on any atom is -0.332 e. The van der Waals surface area contributed by atoms with Gasteiger partial charge in [-0.1, -0.05) is 6.92 Å². The molecule has 0 aromatic rings. The average molecular weight is 363 g/mol. The van der Waals surface area contributed by atoms with Gasteiger partial charge in [0.15, 0.2) is 0 Å². The lowest BCUT2D eigenvalue weighted by atomic mass is 9.53. The number of carbonyl (C=O) groups excluding carboxylic acids is 2. The molecule has 2 unspecified atom stereocenters. The van der Waals surface area contributed by atoms with E-state index in [1.165, 1.54) is 19.3 Å². The van der Waals surface area contributed by atoms with Crippen LogP contribution in [0, 0.1) is 23.2 Å². The fourth-order valence-corrected chi connectivity index (χ4v) is 6.48.